The van der Waals surface area contributed by atoms with Gasteiger partial charge in [0.1, 0.15) is 6.10 Å². The molecule has 2 saturated heterocycles. The normalized spacial score (nSPS) is 20.0. The van der Waals surface area contributed by atoms with Crippen molar-refractivity contribution in [2.75, 3.05) is 37.7 Å². The van der Waals surface area contributed by atoms with Crippen molar-refractivity contribution in [1.29, 1.82) is 0 Å². The van der Waals surface area contributed by atoms with Crippen LogP contribution < -0.4 is 10.2 Å². The first-order chi connectivity index (χ1) is 13.1. The first-order valence-electron chi connectivity index (χ1n) is 8.75. The summed E-state index contributed by atoms with van der Waals surface area (Å²) in [5.41, 5.74) is 1.70. The van der Waals surface area contributed by atoms with Gasteiger partial charge in [0.2, 0.25) is 5.91 Å². The third-order valence-corrected chi connectivity index (χ3v) is 5.79. The van der Waals surface area contributed by atoms with Gasteiger partial charge in [-0.1, -0.05) is 23.7 Å². The summed E-state index contributed by atoms with van der Waals surface area (Å²) in [4.78, 5) is 32.3. The summed E-state index contributed by atoms with van der Waals surface area (Å²) in [7, 11) is 0. The largest absolute Gasteiger partial charge is 0.370 e. The number of benzene rings is 1. The summed E-state index contributed by atoms with van der Waals surface area (Å²) in [5, 5.41) is 5.90. The van der Waals surface area contributed by atoms with E-state index in [0.717, 1.165) is 5.56 Å². The molecule has 142 valence electrons. The Labute approximate surface area is 165 Å². The van der Waals surface area contributed by atoms with Crippen molar-refractivity contribution in [3.8, 4) is 0 Å². The number of nitrogens with one attached hydrogen (secondary N) is 1. The van der Waals surface area contributed by atoms with E-state index in [9.17, 15) is 9.59 Å². The van der Waals surface area contributed by atoms with Crippen LogP contribution in [0.4, 0.5) is 9.93 Å². The third-order valence-electron chi connectivity index (χ3n) is 4.62. The Morgan fingerprint density at radius 3 is 2.89 bits per heavy atom. The number of halogens is 1. The maximum atomic E-state index is 12.7. The van der Waals surface area contributed by atoms with Crippen molar-refractivity contribution in [2.45, 2.75) is 12.5 Å². The molecule has 2 fully saturated rings. The van der Waals surface area contributed by atoms with Gasteiger partial charge in [-0.05, 0) is 17.7 Å². The zero-order valence-corrected chi connectivity index (χ0v) is 16.1. The summed E-state index contributed by atoms with van der Waals surface area (Å²) in [6.45, 7) is 2.79. The highest BCUT2D eigenvalue weighted by Gasteiger charge is 2.27. The molecule has 3 heterocycles. The number of anilines is 1. The average molecular weight is 407 g/mol. The van der Waals surface area contributed by atoms with E-state index in [-0.39, 0.29) is 24.5 Å². The van der Waals surface area contributed by atoms with E-state index < -0.39 is 0 Å². The minimum absolute atomic E-state index is 0.0139. The lowest BCUT2D eigenvalue weighted by Crippen LogP contribution is -2.43. The Morgan fingerprint density at radius 2 is 2.15 bits per heavy atom. The van der Waals surface area contributed by atoms with Crippen LogP contribution in [0.25, 0.3) is 0 Å². The van der Waals surface area contributed by atoms with Crippen molar-refractivity contribution in [3.05, 3.63) is 45.9 Å². The van der Waals surface area contributed by atoms with Crippen LogP contribution in [0, 0.1) is 0 Å². The number of ether oxygens (including phenoxy) is 1. The summed E-state index contributed by atoms with van der Waals surface area (Å²) in [5.74, 6) is 0.0139. The molecule has 1 aromatic heterocycles. The smallest absolute Gasteiger partial charge is 0.323 e. The highest BCUT2D eigenvalue weighted by molar-refractivity contribution is 7.14. The molecule has 2 aromatic rings. The van der Waals surface area contributed by atoms with E-state index in [0.29, 0.717) is 48.6 Å². The topological polar surface area (TPSA) is 74.8 Å². The number of thiazole rings is 1. The molecule has 0 spiro atoms. The standard InChI is InChI=1S/C18H19ClN4O3S/c19-13-3-1-12(2-4-13)15-10-22(7-8-26-15)16(24)9-14-11-27-18(21-14)23-6-5-20-17(23)25/h1-4,11,15H,5-10H2,(H,20,25). The van der Waals surface area contributed by atoms with E-state index >= 15 is 0 Å². The lowest BCUT2D eigenvalue weighted by atomic mass is 10.1. The first kappa shape index (κ1) is 18.2. The van der Waals surface area contributed by atoms with Crippen molar-refractivity contribution in [3.63, 3.8) is 0 Å². The molecule has 7 nitrogen and oxygen atoms in total. The molecule has 2 aliphatic heterocycles. The number of hydrogen-bond acceptors (Lipinski definition) is 5. The number of rotatable bonds is 4. The van der Waals surface area contributed by atoms with Gasteiger partial charge in [0.05, 0.1) is 25.3 Å². The second-order valence-corrected chi connectivity index (χ2v) is 7.71. The molecular weight excluding hydrogens is 388 g/mol. The maximum Gasteiger partial charge on any atom is 0.323 e. The SMILES string of the molecule is O=C(Cc1csc(N2CCNC2=O)n1)N1CCOC(c2ccc(Cl)cc2)C1. The van der Waals surface area contributed by atoms with Gasteiger partial charge >= 0.3 is 6.03 Å². The van der Waals surface area contributed by atoms with E-state index in [1.807, 2.05) is 34.5 Å². The van der Waals surface area contributed by atoms with Crippen molar-refractivity contribution in [2.24, 2.45) is 0 Å². The molecule has 3 amide bonds. The fraction of sp³-hybridized carbons (Fsp3) is 0.389. The van der Waals surface area contributed by atoms with Gasteiger partial charge in [-0.2, -0.15) is 0 Å². The fourth-order valence-corrected chi connectivity index (χ4v) is 4.15. The van der Waals surface area contributed by atoms with Gasteiger partial charge < -0.3 is 15.0 Å². The van der Waals surface area contributed by atoms with Crippen LogP contribution in [0.1, 0.15) is 17.4 Å². The molecule has 4 rings (SSSR count). The molecule has 1 unspecified atom stereocenters. The third kappa shape index (κ3) is 4.07. The van der Waals surface area contributed by atoms with E-state index in [1.165, 1.54) is 11.3 Å². The Morgan fingerprint density at radius 1 is 1.33 bits per heavy atom. The number of urea groups is 1. The van der Waals surface area contributed by atoms with E-state index in [1.54, 1.807) is 4.90 Å². The first-order valence-corrected chi connectivity index (χ1v) is 10.0. The van der Waals surface area contributed by atoms with Gasteiger partial charge in [-0.3, -0.25) is 9.69 Å². The quantitative estimate of drug-likeness (QED) is 0.846. The molecule has 1 aromatic carbocycles. The Balaban J connectivity index is 1.38. The van der Waals surface area contributed by atoms with Gasteiger partial charge in [0, 0.05) is 30.0 Å². The second kappa shape index (κ2) is 7.84. The summed E-state index contributed by atoms with van der Waals surface area (Å²) >= 11 is 7.32. The predicted molar refractivity (Wildman–Crippen MR) is 103 cm³/mol. The van der Waals surface area contributed by atoms with Gasteiger partial charge in [-0.25, -0.2) is 9.78 Å². The number of aromatic nitrogens is 1. The van der Waals surface area contributed by atoms with Gasteiger partial charge in [-0.15, -0.1) is 11.3 Å². The Kier molecular flexibility index (Phi) is 5.29. The summed E-state index contributed by atoms with van der Waals surface area (Å²) in [6, 6.07) is 7.36. The van der Waals surface area contributed by atoms with Crippen molar-refractivity contribution < 1.29 is 14.3 Å². The van der Waals surface area contributed by atoms with Gasteiger partial charge in [0.15, 0.2) is 5.13 Å². The molecule has 2 aliphatic rings. The van der Waals surface area contributed by atoms with Crippen LogP contribution >= 0.6 is 22.9 Å². The highest BCUT2D eigenvalue weighted by Crippen LogP contribution is 2.25. The lowest BCUT2D eigenvalue weighted by molar-refractivity contribution is -0.138. The van der Waals surface area contributed by atoms with E-state index in [4.69, 9.17) is 16.3 Å². The Hall–Kier alpha value is -2.16. The monoisotopic (exact) mass is 406 g/mol. The number of carbonyl (C=O) groups excluding carboxylic acids is 2. The maximum absolute atomic E-state index is 12.7. The second-order valence-electron chi connectivity index (χ2n) is 6.43. The zero-order chi connectivity index (χ0) is 18.8. The number of amides is 3. The number of hydrogen-bond donors (Lipinski definition) is 1. The van der Waals surface area contributed by atoms with Crippen LogP contribution in [0.5, 0.6) is 0 Å². The molecule has 0 saturated carbocycles. The predicted octanol–water partition coefficient (Wildman–Crippen LogP) is 2.47. The molecule has 27 heavy (non-hydrogen) atoms. The summed E-state index contributed by atoms with van der Waals surface area (Å²) < 4.78 is 5.82. The number of nitrogens with zero attached hydrogens (tertiary/aromatic N) is 3. The van der Waals surface area contributed by atoms with Crippen molar-refractivity contribution in [1.82, 2.24) is 15.2 Å². The lowest BCUT2D eigenvalue weighted by Gasteiger charge is -2.33. The van der Waals surface area contributed by atoms with E-state index in [2.05, 4.69) is 10.3 Å². The molecular formula is C18H19ClN4O3S. The molecule has 0 radical (unpaired) electrons. The molecule has 0 aliphatic carbocycles. The zero-order valence-electron chi connectivity index (χ0n) is 14.6. The number of carbonyl (C=O) groups is 2. The minimum atomic E-state index is -0.153. The van der Waals surface area contributed by atoms with Crippen molar-refractivity contribution >= 4 is 40.0 Å². The number of morpholine rings is 1. The van der Waals surface area contributed by atoms with Crippen LogP contribution in [0.3, 0.4) is 0 Å². The van der Waals surface area contributed by atoms with Crippen LogP contribution in [-0.2, 0) is 16.0 Å². The fourth-order valence-electron chi connectivity index (χ4n) is 3.18. The molecule has 0 bridgehead atoms. The van der Waals surface area contributed by atoms with Crippen LogP contribution in [0.15, 0.2) is 29.6 Å². The Bertz CT molecular complexity index is 841. The van der Waals surface area contributed by atoms with Gasteiger partial charge in [0.25, 0.3) is 0 Å². The highest BCUT2D eigenvalue weighted by atomic mass is 35.5. The molecule has 1 atom stereocenters. The molecule has 9 heteroatoms. The van der Waals surface area contributed by atoms with Crippen LogP contribution in [0.2, 0.25) is 5.02 Å². The average Bonchev–Trinajstić information content (AvgIpc) is 3.31. The van der Waals surface area contributed by atoms with Crippen LogP contribution in [-0.4, -0.2) is 54.6 Å². The molecule has 1 N–H and O–H groups in total. The summed E-state index contributed by atoms with van der Waals surface area (Å²) in [6.07, 6.45) is 0.0681. The minimum Gasteiger partial charge on any atom is -0.370 e.